The Balaban J connectivity index is 1.50. The number of nitrogens with zero attached hydrogens (tertiary/aromatic N) is 2. The highest BCUT2D eigenvalue weighted by molar-refractivity contribution is 5.86. The lowest BCUT2D eigenvalue weighted by atomic mass is 10.1. The number of likely N-dealkylation sites (tertiary alicyclic amines) is 1. The highest BCUT2D eigenvalue weighted by Gasteiger charge is 2.25. The number of fused-ring (bicyclic) bond motifs is 1. The number of aryl methyl sites for hydroxylation is 1. The molecule has 140 valence electrons. The van der Waals surface area contributed by atoms with Crippen LogP contribution in [0.3, 0.4) is 0 Å². The molecule has 6 nitrogen and oxygen atoms in total. The van der Waals surface area contributed by atoms with Gasteiger partial charge < -0.3 is 20.5 Å². The molecular formula is C20H29N5O. The summed E-state index contributed by atoms with van der Waals surface area (Å²) in [5.74, 6) is 1.03. The van der Waals surface area contributed by atoms with Crippen LogP contribution in [0.5, 0.6) is 0 Å². The van der Waals surface area contributed by atoms with Crippen LogP contribution in [-0.2, 0) is 11.2 Å². The number of hydrogen-bond donors (Lipinski definition) is 3. The van der Waals surface area contributed by atoms with Gasteiger partial charge in [0.25, 0.3) is 0 Å². The van der Waals surface area contributed by atoms with Gasteiger partial charge in [0, 0.05) is 56.2 Å². The maximum absolute atomic E-state index is 11.8. The number of rotatable bonds is 5. The van der Waals surface area contributed by atoms with Crippen LogP contribution in [0.25, 0.3) is 10.9 Å². The lowest BCUT2D eigenvalue weighted by Gasteiger charge is -2.18. The first-order valence-corrected chi connectivity index (χ1v) is 9.43. The maximum Gasteiger partial charge on any atom is 0.222 e. The van der Waals surface area contributed by atoms with E-state index < -0.39 is 0 Å². The molecule has 1 atom stereocenters. The summed E-state index contributed by atoms with van der Waals surface area (Å²) in [4.78, 5) is 21.4. The Bertz CT molecular complexity index is 795. The molecule has 0 bridgehead atoms. The largest absolute Gasteiger partial charge is 0.361 e. The first kappa shape index (κ1) is 18.3. The molecule has 1 saturated heterocycles. The summed E-state index contributed by atoms with van der Waals surface area (Å²) < 4.78 is 0. The average molecular weight is 355 g/mol. The minimum Gasteiger partial charge on any atom is -0.361 e. The van der Waals surface area contributed by atoms with Crippen molar-refractivity contribution in [1.29, 1.82) is 0 Å². The number of hydrogen-bond acceptors (Lipinski definition) is 2. The maximum atomic E-state index is 11.8. The van der Waals surface area contributed by atoms with Crippen LogP contribution in [0.4, 0.5) is 0 Å². The van der Waals surface area contributed by atoms with Crippen molar-refractivity contribution in [2.45, 2.75) is 39.2 Å². The third-order valence-corrected chi connectivity index (χ3v) is 5.10. The number of carbonyl (C=O) groups is 1. The Hall–Kier alpha value is -2.50. The number of guanidine groups is 1. The van der Waals surface area contributed by atoms with Crippen molar-refractivity contribution in [3.8, 4) is 0 Å². The fourth-order valence-corrected chi connectivity index (χ4v) is 3.60. The molecule has 1 aliphatic heterocycles. The SMILES string of the molecule is CCC(=O)N1CCC(NC(=NC)NCCc2c[nH]c3c(C)cccc23)C1. The number of H-pyrrole nitrogens is 1. The molecule has 3 N–H and O–H groups in total. The van der Waals surface area contributed by atoms with Gasteiger partial charge in [-0.3, -0.25) is 9.79 Å². The average Bonchev–Trinajstić information content (AvgIpc) is 3.28. The molecule has 1 aliphatic rings. The van der Waals surface area contributed by atoms with E-state index in [4.69, 9.17) is 0 Å². The van der Waals surface area contributed by atoms with Crippen LogP contribution in [0, 0.1) is 6.92 Å². The summed E-state index contributed by atoms with van der Waals surface area (Å²) in [5.41, 5.74) is 3.80. The number of carbonyl (C=O) groups excluding carboxylic acids is 1. The van der Waals surface area contributed by atoms with E-state index in [1.54, 1.807) is 7.05 Å². The molecule has 1 fully saturated rings. The van der Waals surface area contributed by atoms with Gasteiger partial charge in [-0.1, -0.05) is 25.1 Å². The highest BCUT2D eigenvalue weighted by atomic mass is 16.2. The lowest BCUT2D eigenvalue weighted by molar-refractivity contribution is -0.129. The van der Waals surface area contributed by atoms with Crippen molar-refractivity contribution in [2.24, 2.45) is 4.99 Å². The van der Waals surface area contributed by atoms with Crippen LogP contribution < -0.4 is 10.6 Å². The van der Waals surface area contributed by atoms with Crippen molar-refractivity contribution in [3.63, 3.8) is 0 Å². The second-order valence-corrected chi connectivity index (χ2v) is 6.88. The van der Waals surface area contributed by atoms with Crippen LogP contribution >= 0.6 is 0 Å². The Morgan fingerprint density at radius 1 is 1.42 bits per heavy atom. The summed E-state index contributed by atoms with van der Waals surface area (Å²) in [6.07, 6.45) is 4.56. The Morgan fingerprint density at radius 3 is 3.04 bits per heavy atom. The molecule has 1 amide bonds. The van der Waals surface area contributed by atoms with Crippen LogP contribution in [0.1, 0.15) is 30.9 Å². The van der Waals surface area contributed by atoms with Crippen LogP contribution in [0.2, 0.25) is 0 Å². The van der Waals surface area contributed by atoms with E-state index in [9.17, 15) is 4.79 Å². The minimum absolute atomic E-state index is 0.229. The van der Waals surface area contributed by atoms with Gasteiger partial charge in [0.2, 0.25) is 5.91 Å². The molecule has 2 heterocycles. The smallest absolute Gasteiger partial charge is 0.222 e. The topological polar surface area (TPSA) is 72.5 Å². The van der Waals surface area contributed by atoms with E-state index >= 15 is 0 Å². The van der Waals surface area contributed by atoms with E-state index in [1.165, 1.54) is 22.0 Å². The molecule has 0 aliphatic carbocycles. The molecule has 1 unspecified atom stereocenters. The number of aromatic nitrogens is 1. The molecular weight excluding hydrogens is 326 g/mol. The molecule has 3 rings (SSSR count). The molecule has 0 radical (unpaired) electrons. The predicted molar refractivity (Wildman–Crippen MR) is 107 cm³/mol. The second-order valence-electron chi connectivity index (χ2n) is 6.88. The number of nitrogens with one attached hydrogen (secondary N) is 3. The molecule has 1 aromatic heterocycles. The first-order valence-electron chi connectivity index (χ1n) is 9.43. The fourth-order valence-electron chi connectivity index (χ4n) is 3.60. The van der Waals surface area contributed by atoms with Gasteiger partial charge in [-0.2, -0.15) is 0 Å². The van der Waals surface area contributed by atoms with Gasteiger partial charge in [0.1, 0.15) is 0 Å². The van der Waals surface area contributed by atoms with Crippen LogP contribution in [0.15, 0.2) is 29.4 Å². The van der Waals surface area contributed by atoms with Gasteiger partial charge in [0.15, 0.2) is 5.96 Å². The van der Waals surface area contributed by atoms with Crippen molar-refractivity contribution in [1.82, 2.24) is 20.5 Å². The van der Waals surface area contributed by atoms with Crippen molar-refractivity contribution in [3.05, 3.63) is 35.5 Å². The van der Waals surface area contributed by atoms with Crippen molar-refractivity contribution in [2.75, 3.05) is 26.7 Å². The zero-order chi connectivity index (χ0) is 18.5. The Labute approximate surface area is 155 Å². The van der Waals surface area contributed by atoms with E-state index in [-0.39, 0.29) is 11.9 Å². The first-order chi connectivity index (χ1) is 12.6. The Kier molecular flexibility index (Phi) is 5.81. The summed E-state index contributed by atoms with van der Waals surface area (Å²) in [6.45, 7) is 6.44. The van der Waals surface area contributed by atoms with Gasteiger partial charge in [-0.05, 0) is 30.9 Å². The van der Waals surface area contributed by atoms with Gasteiger partial charge in [0.05, 0.1) is 0 Å². The predicted octanol–water partition coefficient (Wildman–Crippen LogP) is 2.19. The fraction of sp³-hybridized carbons (Fsp3) is 0.500. The van der Waals surface area contributed by atoms with Gasteiger partial charge >= 0.3 is 0 Å². The third-order valence-electron chi connectivity index (χ3n) is 5.10. The molecule has 2 aromatic rings. The summed E-state index contributed by atoms with van der Waals surface area (Å²) in [5, 5.41) is 8.12. The van der Waals surface area contributed by atoms with E-state index in [0.29, 0.717) is 6.42 Å². The monoisotopic (exact) mass is 355 g/mol. The molecule has 1 aromatic carbocycles. The summed E-state index contributed by atoms with van der Waals surface area (Å²) in [7, 11) is 1.79. The molecule has 0 saturated carbocycles. The molecule has 0 spiro atoms. The quantitative estimate of drug-likeness (QED) is 0.569. The highest BCUT2D eigenvalue weighted by Crippen LogP contribution is 2.21. The Morgan fingerprint density at radius 2 is 2.27 bits per heavy atom. The van der Waals surface area contributed by atoms with E-state index in [1.807, 2.05) is 11.8 Å². The molecule has 26 heavy (non-hydrogen) atoms. The lowest BCUT2D eigenvalue weighted by Crippen LogP contribution is -2.45. The number of aromatic amines is 1. The number of benzene rings is 1. The standard InChI is InChI=1S/C20H29N5O/c1-4-18(26)25-11-9-16(13-25)24-20(21-3)22-10-8-15-12-23-19-14(2)6-5-7-17(15)19/h5-7,12,16,23H,4,8-11,13H2,1-3H3,(H2,21,22,24). The minimum atomic E-state index is 0.229. The van der Waals surface area contributed by atoms with Crippen molar-refractivity contribution >= 4 is 22.8 Å². The zero-order valence-electron chi connectivity index (χ0n) is 15.9. The van der Waals surface area contributed by atoms with E-state index in [0.717, 1.165) is 38.4 Å². The van der Waals surface area contributed by atoms with Gasteiger partial charge in [-0.25, -0.2) is 0 Å². The number of para-hydroxylation sites is 1. The summed E-state index contributed by atoms with van der Waals surface area (Å²) >= 11 is 0. The number of aliphatic imine (C=N–C) groups is 1. The zero-order valence-corrected chi connectivity index (χ0v) is 15.9. The van der Waals surface area contributed by atoms with Crippen molar-refractivity contribution < 1.29 is 4.79 Å². The van der Waals surface area contributed by atoms with E-state index in [2.05, 4.69) is 51.9 Å². The number of amides is 1. The van der Waals surface area contributed by atoms with Crippen LogP contribution in [-0.4, -0.2) is 54.5 Å². The molecule has 6 heteroatoms. The normalized spacial score (nSPS) is 17.7. The van der Waals surface area contributed by atoms with Gasteiger partial charge in [-0.15, -0.1) is 0 Å². The summed E-state index contributed by atoms with van der Waals surface area (Å²) in [6, 6.07) is 6.67. The second kappa shape index (κ2) is 8.25. The third kappa shape index (κ3) is 4.00.